The highest BCUT2D eigenvalue weighted by Gasteiger charge is 2.10. The Kier molecular flexibility index (Phi) is 5.48. The Morgan fingerprint density at radius 3 is 2.79 bits per heavy atom. The van der Waals surface area contributed by atoms with E-state index in [1.807, 2.05) is 30.3 Å². The lowest BCUT2D eigenvalue weighted by atomic mass is 10.2. The van der Waals surface area contributed by atoms with E-state index in [1.54, 1.807) is 12.1 Å². The second kappa shape index (κ2) is 7.77. The maximum absolute atomic E-state index is 12.3. The van der Waals surface area contributed by atoms with Gasteiger partial charge in [0.05, 0.1) is 16.8 Å². The second-order valence-electron chi connectivity index (χ2n) is 5.31. The van der Waals surface area contributed by atoms with Crippen molar-refractivity contribution in [3.63, 3.8) is 0 Å². The van der Waals surface area contributed by atoms with Gasteiger partial charge < -0.3 is 4.74 Å². The number of carbonyl (C=O) groups is 1. The maximum atomic E-state index is 12.3. The smallest absolute Gasteiger partial charge is 0.257 e. The predicted octanol–water partition coefficient (Wildman–Crippen LogP) is 5.49. The number of thiazole rings is 1. The van der Waals surface area contributed by atoms with Crippen LogP contribution in [0.25, 0.3) is 10.2 Å². The summed E-state index contributed by atoms with van der Waals surface area (Å²) in [5, 5.41) is 3.44. The minimum Gasteiger partial charge on any atom is -0.494 e. The number of aromatic nitrogens is 1. The summed E-state index contributed by atoms with van der Waals surface area (Å²) in [4.78, 5) is 16.7. The first-order valence-corrected chi connectivity index (χ1v) is 9.37. The number of ether oxygens (including phenoxy) is 1. The summed E-state index contributed by atoms with van der Waals surface area (Å²) in [7, 11) is 0. The van der Waals surface area contributed by atoms with E-state index in [0.717, 1.165) is 33.3 Å². The number of anilines is 1. The molecule has 0 atom stereocenters. The molecule has 3 aromatic rings. The molecule has 0 aliphatic heterocycles. The van der Waals surface area contributed by atoms with Crippen molar-refractivity contribution < 1.29 is 9.53 Å². The van der Waals surface area contributed by atoms with Gasteiger partial charge in [-0.1, -0.05) is 40.6 Å². The number of nitrogens with zero attached hydrogens (tertiary/aromatic N) is 1. The number of hydrogen-bond donors (Lipinski definition) is 1. The SMILES string of the molecule is CCCCOc1ccc2nc(NC(=O)c3ccc(Br)cc3)sc2c1. The first kappa shape index (κ1) is 16.9. The molecule has 0 saturated carbocycles. The summed E-state index contributed by atoms with van der Waals surface area (Å²) < 4.78 is 7.65. The highest BCUT2D eigenvalue weighted by Crippen LogP contribution is 2.29. The summed E-state index contributed by atoms with van der Waals surface area (Å²) in [6, 6.07) is 13.0. The Hall–Kier alpha value is -1.92. The molecule has 0 bridgehead atoms. The number of halogens is 1. The van der Waals surface area contributed by atoms with E-state index >= 15 is 0 Å². The minimum absolute atomic E-state index is 0.166. The third-order valence-electron chi connectivity index (χ3n) is 3.45. The lowest BCUT2D eigenvalue weighted by Crippen LogP contribution is -2.11. The minimum atomic E-state index is -0.166. The molecule has 3 rings (SSSR count). The van der Waals surface area contributed by atoms with Crippen molar-refractivity contribution in [1.29, 1.82) is 0 Å². The third kappa shape index (κ3) is 4.13. The first-order valence-electron chi connectivity index (χ1n) is 7.76. The molecule has 0 unspecified atom stereocenters. The van der Waals surface area contributed by atoms with Gasteiger partial charge in [0.1, 0.15) is 5.75 Å². The number of hydrogen-bond acceptors (Lipinski definition) is 4. The zero-order chi connectivity index (χ0) is 16.9. The number of fused-ring (bicyclic) bond motifs is 1. The van der Waals surface area contributed by atoms with Gasteiger partial charge in [0.25, 0.3) is 5.91 Å². The van der Waals surface area contributed by atoms with Gasteiger partial charge in [-0.25, -0.2) is 4.98 Å². The molecule has 0 saturated heterocycles. The van der Waals surface area contributed by atoms with Gasteiger partial charge >= 0.3 is 0 Å². The van der Waals surface area contributed by atoms with E-state index < -0.39 is 0 Å². The van der Waals surface area contributed by atoms with Crippen LogP contribution in [-0.2, 0) is 0 Å². The van der Waals surface area contributed by atoms with Crippen LogP contribution in [0.1, 0.15) is 30.1 Å². The molecule has 1 aromatic heterocycles. The summed E-state index contributed by atoms with van der Waals surface area (Å²) >= 11 is 4.80. The lowest BCUT2D eigenvalue weighted by Gasteiger charge is -2.04. The van der Waals surface area contributed by atoms with Crippen molar-refractivity contribution in [1.82, 2.24) is 4.98 Å². The number of carbonyl (C=O) groups excluding carboxylic acids is 1. The fourth-order valence-electron chi connectivity index (χ4n) is 2.15. The Balaban J connectivity index is 1.73. The molecule has 1 heterocycles. The second-order valence-corrected chi connectivity index (χ2v) is 7.26. The fraction of sp³-hybridized carbons (Fsp3) is 0.222. The van der Waals surface area contributed by atoms with Crippen LogP contribution in [0.5, 0.6) is 5.75 Å². The molecule has 4 nitrogen and oxygen atoms in total. The third-order valence-corrected chi connectivity index (χ3v) is 4.92. The van der Waals surface area contributed by atoms with Gasteiger partial charge in [-0.3, -0.25) is 10.1 Å². The van der Waals surface area contributed by atoms with Crippen molar-refractivity contribution >= 4 is 48.5 Å². The lowest BCUT2D eigenvalue weighted by molar-refractivity contribution is 0.102. The van der Waals surface area contributed by atoms with Crippen molar-refractivity contribution in [2.24, 2.45) is 0 Å². The summed E-state index contributed by atoms with van der Waals surface area (Å²) in [6.45, 7) is 2.85. The number of rotatable bonds is 6. The van der Waals surface area contributed by atoms with Crippen molar-refractivity contribution in [3.8, 4) is 5.75 Å². The summed E-state index contributed by atoms with van der Waals surface area (Å²) in [6.07, 6.45) is 2.14. The largest absolute Gasteiger partial charge is 0.494 e. The molecule has 24 heavy (non-hydrogen) atoms. The van der Waals surface area contributed by atoms with Crippen LogP contribution in [0.2, 0.25) is 0 Å². The van der Waals surface area contributed by atoms with Crippen LogP contribution in [0.3, 0.4) is 0 Å². The molecular weight excluding hydrogens is 388 g/mol. The number of amides is 1. The molecule has 0 radical (unpaired) electrons. The predicted molar refractivity (Wildman–Crippen MR) is 102 cm³/mol. The van der Waals surface area contributed by atoms with Gasteiger partial charge in [-0.2, -0.15) is 0 Å². The molecular formula is C18H17BrN2O2S. The van der Waals surface area contributed by atoms with Crippen molar-refractivity contribution in [2.75, 3.05) is 11.9 Å². The van der Waals surface area contributed by atoms with E-state index in [4.69, 9.17) is 4.74 Å². The van der Waals surface area contributed by atoms with E-state index in [0.29, 0.717) is 17.3 Å². The Labute approximate surface area is 153 Å². The Morgan fingerprint density at radius 1 is 1.25 bits per heavy atom. The molecule has 0 spiro atoms. The maximum Gasteiger partial charge on any atom is 0.257 e. The zero-order valence-electron chi connectivity index (χ0n) is 13.2. The van der Waals surface area contributed by atoms with E-state index in [1.165, 1.54) is 11.3 Å². The molecule has 0 aliphatic rings. The summed E-state index contributed by atoms with van der Waals surface area (Å²) in [5.74, 6) is 0.673. The first-order chi connectivity index (χ1) is 11.7. The van der Waals surface area contributed by atoms with Gasteiger partial charge in [-0.15, -0.1) is 0 Å². The highest BCUT2D eigenvalue weighted by molar-refractivity contribution is 9.10. The van der Waals surface area contributed by atoms with Crippen molar-refractivity contribution in [2.45, 2.75) is 19.8 Å². The molecule has 1 N–H and O–H groups in total. The van der Waals surface area contributed by atoms with Gasteiger partial charge in [0.2, 0.25) is 0 Å². The molecule has 124 valence electrons. The van der Waals surface area contributed by atoms with E-state index in [9.17, 15) is 4.79 Å². The zero-order valence-corrected chi connectivity index (χ0v) is 15.6. The van der Waals surface area contributed by atoms with Crippen LogP contribution in [0.4, 0.5) is 5.13 Å². The standard InChI is InChI=1S/C18H17BrN2O2S/c1-2-3-10-23-14-8-9-15-16(11-14)24-18(20-15)21-17(22)12-4-6-13(19)7-5-12/h4-9,11H,2-3,10H2,1H3,(H,20,21,22). The number of unbranched alkanes of at least 4 members (excludes halogenated alkanes) is 1. The van der Waals surface area contributed by atoms with Crippen LogP contribution < -0.4 is 10.1 Å². The van der Waals surface area contributed by atoms with Crippen molar-refractivity contribution in [3.05, 3.63) is 52.5 Å². The molecule has 2 aromatic carbocycles. The van der Waals surface area contributed by atoms with Crippen LogP contribution >= 0.6 is 27.3 Å². The van der Waals surface area contributed by atoms with Crippen LogP contribution in [0.15, 0.2) is 46.9 Å². The monoisotopic (exact) mass is 404 g/mol. The van der Waals surface area contributed by atoms with Crippen LogP contribution in [-0.4, -0.2) is 17.5 Å². The topological polar surface area (TPSA) is 51.2 Å². The Morgan fingerprint density at radius 2 is 2.04 bits per heavy atom. The number of benzene rings is 2. The molecule has 0 fully saturated rings. The quantitative estimate of drug-likeness (QED) is 0.552. The van der Waals surface area contributed by atoms with E-state index in [-0.39, 0.29) is 5.91 Å². The average molecular weight is 405 g/mol. The molecule has 0 aliphatic carbocycles. The molecule has 1 amide bonds. The van der Waals surface area contributed by atoms with Gasteiger partial charge in [0, 0.05) is 10.0 Å². The van der Waals surface area contributed by atoms with Gasteiger partial charge in [0.15, 0.2) is 5.13 Å². The highest BCUT2D eigenvalue weighted by atomic mass is 79.9. The van der Waals surface area contributed by atoms with Gasteiger partial charge in [-0.05, 0) is 48.9 Å². The van der Waals surface area contributed by atoms with E-state index in [2.05, 4.69) is 33.2 Å². The molecule has 6 heteroatoms. The fourth-order valence-corrected chi connectivity index (χ4v) is 3.31. The number of nitrogens with one attached hydrogen (secondary N) is 1. The average Bonchev–Trinajstić information content (AvgIpc) is 2.97. The summed E-state index contributed by atoms with van der Waals surface area (Å²) in [5.41, 5.74) is 1.45. The Bertz CT molecular complexity index is 846. The van der Waals surface area contributed by atoms with Crippen LogP contribution in [0, 0.1) is 0 Å². The normalized spacial score (nSPS) is 10.8.